The third-order valence-electron chi connectivity index (χ3n) is 3.37. The predicted molar refractivity (Wildman–Crippen MR) is 75.2 cm³/mol. The van der Waals surface area contributed by atoms with E-state index in [1.807, 2.05) is 18.2 Å². The highest BCUT2D eigenvalue weighted by molar-refractivity contribution is 6.39. The molecule has 0 atom stereocenters. The van der Waals surface area contributed by atoms with Gasteiger partial charge in [-0.15, -0.1) is 0 Å². The second-order valence-corrected chi connectivity index (χ2v) is 5.54. The fourth-order valence-corrected chi connectivity index (χ4v) is 2.71. The van der Waals surface area contributed by atoms with Gasteiger partial charge in [0.15, 0.2) is 0 Å². The molecule has 1 aromatic carbocycles. The molecular weight excluding hydrogens is 255 g/mol. The van der Waals surface area contributed by atoms with E-state index in [1.54, 1.807) is 0 Å². The molecule has 0 saturated carbocycles. The Morgan fingerprint density at radius 2 is 1.82 bits per heavy atom. The van der Waals surface area contributed by atoms with Gasteiger partial charge in [0.2, 0.25) is 0 Å². The molecule has 2 rings (SSSR count). The summed E-state index contributed by atoms with van der Waals surface area (Å²) in [5.74, 6) is 0.721. The lowest BCUT2D eigenvalue weighted by Crippen LogP contribution is -2.33. The Hall–Kier alpha value is -0.440. The largest absolute Gasteiger partial charge is 0.382 e. The first-order chi connectivity index (χ1) is 8.16. The van der Waals surface area contributed by atoms with Crippen molar-refractivity contribution in [3.8, 4) is 0 Å². The Morgan fingerprint density at radius 3 is 2.41 bits per heavy atom. The quantitative estimate of drug-likeness (QED) is 0.902. The van der Waals surface area contributed by atoms with Gasteiger partial charge in [-0.3, -0.25) is 0 Å². The zero-order chi connectivity index (χ0) is 12.3. The minimum absolute atomic E-state index is 0.699. The summed E-state index contributed by atoms with van der Waals surface area (Å²) < 4.78 is 0. The summed E-state index contributed by atoms with van der Waals surface area (Å²) in [7, 11) is 2.18. The van der Waals surface area contributed by atoms with Crippen molar-refractivity contribution in [2.24, 2.45) is 5.92 Å². The second-order valence-electron chi connectivity index (χ2n) is 4.72. The maximum atomic E-state index is 6.12. The zero-order valence-corrected chi connectivity index (χ0v) is 11.6. The predicted octanol–water partition coefficient (Wildman–Crippen LogP) is 3.75. The topological polar surface area (TPSA) is 15.3 Å². The van der Waals surface area contributed by atoms with E-state index in [-0.39, 0.29) is 0 Å². The summed E-state index contributed by atoms with van der Waals surface area (Å²) >= 11 is 12.2. The monoisotopic (exact) mass is 272 g/mol. The maximum Gasteiger partial charge on any atom is 0.0719 e. The van der Waals surface area contributed by atoms with E-state index in [0.717, 1.165) is 18.2 Å². The Kier molecular flexibility index (Phi) is 4.55. The fourth-order valence-electron chi connectivity index (χ4n) is 2.18. The number of rotatable bonds is 3. The van der Waals surface area contributed by atoms with E-state index in [9.17, 15) is 0 Å². The van der Waals surface area contributed by atoms with Crippen molar-refractivity contribution >= 4 is 28.9 Å². The summed E-state index contributed by atoms with van der Waals surface area (Å²) in [6.45, 7) is 3.32. The van der Waals surface area contributed by atoms with Gasteiger partial charge in [0, 0.05) is 6.54 Å². The Balaban J connectivity index is 1.89. The average molecular weight is 273 g/mol. The SMILES string of the molecule is CN1CCC(CNc2c(Cl)cccc2Cl)CC1. The average Bonchev–Trinajstić information content (AvgIpc) is 2.31. The molecule has 1 heterocycles. The number of benzene rings is 1. The number of piperidine rings is 1. The molecule has 1 N–H and O–H groups in total. The standard InChI is InChI=1S/C13H18Cl2N2/c1-17-7-5-10(6-8-17)9-16-13-11(14)3-2-4-12(13)15/h2-4,10,16H,5-9H2,1H3. The van der Waals surface area contributed by atoms with Crippen molar-refractivity contribution in [2.45, 2.75) is 12.8 Å². The summed E-state index contributed by atoms with van der Waals surface area (Å²) in [5.41, 5.74) is 0.870. The highest BCUT2D eigenvalue weighted by Crippen LogP contribution is 2.30. The molecule has 0 spiro atoms. The molecule has 1 saturated heterocycles. The maximum absolute atomic E-state index is 6.12. The lowest BCUT2D eigenvalue weighted by Gasteiger charge is -2.29. The first-order valence-electron chi connectivity index (χ1n) is 6.03. The van der Waals surface area contributed by atoms with Crippen LogP contribution in [0.2, 0.25) is 10.0 Å². The zero-order valence-electron chi connectivity index (χ0n) is 10.0. The summed E-state index contributed by atoms with van der Waals surface area (Å²) in [6.07, 6.45) is 2.48. The number of likely N-dealkylation sites (tertiary alicyclic amines) is 1. The molecule has 4 heteroatoms. The van der Waals surface area contributed by atoms with E-state index in [2.05, 4.69) is 17.3 Å². The van der Waals surface area contributed by atoms with Crippen molar-refractivity contribution in [1.82, 2.24) is 4.90 Å². The number of para-hydroxylation sites is 1. The third-order valence-corrected chi connectivity index (χ3v) is 4.00. The van der Waals surface area contributed by atoms with Crippen LogP contribution >= 0.6 is 23.2 Å². The van der Waals surface area contributed by atoms with Crippen molar-refractivity contribution < 1.29 is 0 Å². The van der Waals surface area contributed by atoms with Gasteiger partial charge in [-0.05, 0) is 51.0 Å². The van der Waals surface area contributed by atoms with E-state index in [1.165, 1.54) is 25.9 Å². The molecule has 1 fully saturated rings. The number of nitrogens with one attached hydrogen (secondary N) is 1. The van der Waals surface area contributed by atoms with E-state index >= 15 is 0 Å². The van der Waals surface area contributed by atoms with Crippen LogP contribution in [-0.4, -0.2) is 31.6 Å². The molecule has 0 unspecified atom stereocenters. The molecule has 0 aliphatic carbocycles. The van der Waals surface area contributed by atoms with E-state index < -0.39 is 0 Å². The minimum Gasteiger partial charge on any atom is -0.382 e. The first kappa shape index (κ1) is 13.0. The Labute approximate surface area is 113 Å². The smallest absolute Gasteiger partial charge is 0.0719 e. The molecular formula is C13H18Cl2N2. The normalized spacial score (nSPS) is 18.3. The number of hydrogen-bond acceptors (Lipinski definition) is 2. The van der Waals surface area contributed by atoms with Gasteiger partial charge in [-0.25, -0.2) is 0 Å². The van der Waals surface area contributed by atoms with Gasteiger partial charge < -0.3 is 10.2 Å². The van der Waals surface area contributed by atoms with Gasteiger partial charge in [-0.1, -0.05) is 29.3 Å². The van der Waals surface area contributed by atoms with Gasteiger partial charge in [0.05, 0.1) is 15.7 Å². The second kappa shape index (κ2) is 5.94. The van der Waals surface area contributed by atoms with Crippen molar-refractivity contribution in [1.29, 1.82) is 0 Å². The van der Waals surface area contributed by atoms with E-state index in [0.29, 0.717) is 10.0 Å². The number of anilines is 1. The van der Waals surface area contributed by atoms with Crippen LogP contribution in [0.15, 0.2) is 18.2 Å². The molecule has 1 aliphatic rings. The van der Waals surface area contributed by atoms with Gasteiger partial charge >= 0.3 is 0 Å². The van der Waals surface area contributed by atoms with Crippen LogP contribution in [0.5, 0.6) is 0 Å². The Morgan fingerprint density at radius 1 is 1.24 bits per heavy atom. The summed E-state index contributed by atoms with van der Waals surface area (Å²) in [4.78, 5) is 2.37. The van der Waals surface area contributed by atoms with Crippen molar-refractivity contribution in [3.05, 3.63) is 28.2 Å². The van der Waals surface area contributed by atoms with Crippen LogP contribution < -0.4 is 5.32 Å². The number of nitrogens with zero attached hydrogens (tertiary/aromatic N) is 1. The summed E-state index contributed by atoms with van der Waals surface area (Å²) in [5, 5.41) is 4.78. The van der Waals surface area contributed by atoms with Crippen LogP contribution in [0.1, 0.15) is 12.8 Å². The van der Waals surface area contributed by atoms with Crippen LogP contribution in [0, 0.1) is 5.92 Å². The van der Waals surface area contributed by atoms with Crippen molar-refractivity contribution in [3.63, 3.8) is 0 Å². The highest BCUT2D eigenvalue weighted by Gasteiger charge is 2.17. The van der Waals surface area contributed by atoms with Crippen LogP contribution in [-0.2, 0) is 0 Å². The number of halogens is 2. The molecule has 2 nitrogen and oxygen atoms in total. The molecule has 1 aromatic rings. The minimum atomic E-state index is 0.699. The summed E-state index contributed by atoms with van der Waals surface area (Å²) in [6, 6.07) is 5.60. The van der Waals surface area contributed by atoms with Gasteiger partial charge in [0.1, 0.15) is 0 Å². The Bertz CT molecular complexity index is 353. The van der Waals surface area contributed by atoms with E-state index in [4.69, 9.17) is 23.2 Å². The first-order valence-corrected chi connectivity index (χ1v) is 6.79. The molecule has 0 radical (unpaired) electrons. The fraction of sp³-hybridized carbons (Fsp3) is 0.538. The molecule has 1 aliphatic heterocycles. The lowest BCUT2D eigenvalue weighted by molar-refractivity contribution is 0.226. The number of hydrogen-bond donors (Lipinski definition) is 1. The van der Waals surface area contributed by atoms with Crippen LogP contribution in [0.25, 0.3) is 0 Å². The van der Waals surface area contributed by atoms with Crippen LogP contribution in [0.3, 0.4) is 0 Å². The third kappa shape index (κ3) is 3.51. The van der Waals surface area contributed by atoms with Crippen LogP contribution in [0.4, 0.5) is 5.69 Å². The molecule has 0 aromatic heterocycles. The van der Waals surface area contributed by atoms with Crippen molar-refractivity contribution in [2.75, 3.05) is 32.0 Å². The van der Waals surface area contributed by atoms with Gasteiger partial charge in [0.25, 0.3) is 0 Å². The molecule has 0 bridgehead atoms. The lowest BCUT2D eigenvalue weighted by atomic mass is 9.97. The highest BCUT2D eigenvalue weighted by atomic mass is 35.5. The molecule has 94 valence electrons. The molecule has 17 heavy (non-hydrogen) atoms. The molecule has 0 amide bonds. The van der Waals surface area contributed by atoms with Gasteiger partial charge in [-0.2, -0.15) is 0 Å².